The zero-order valence-electron chi connectivity index (χ0n) is 13.2. The van der Waals surface area contributed by atoms with Crippen molar-refractivity contribution < 1.29 is 14.7 Å². The van der Waals surface area contributed by atoms with Crippen LogP contribution in [0.2, 0.25) is 0 Å². The molecule has 0 heterocycles. The van der Waals surface area contributed by atoms with E-state index < -0.39 is 11.4 Å². The van der Waals surface area contributed by atoms with E-state index in [9.17, 15) is 9.59 Å². The molecular formula is C18H20N2O3. The number of nitrogen functional groups attached to an aromatic ring is 1. The first-order valence-corrected chi connectivity index (χ1v) is 7.27. The molecule has 0 aliphatic carbocycles. The highest BCUT2D eigenvalue weighted by molar-refractivity contribution is 5.88. The molecule has 0 bridgehead atoms. The van der Waals surface area contributed by atoms with Crippen molar-refractivity contribution in [1.82, 2.24) is 5.32 Å². The lowest BCUT2D eigenvalue weighted by Crippen LogP contribution is -2.39. The van der Waals surface area contributed by atoms with Gasteiger partial charge in [-0.1, -0.05) is 24.3 Å². The second kappa shape index (κ2) is 6.52. The maximum atomic E-state index is 12.5. The van der Waals surface area contributed by atoms with Crippen molar-refractivity contribution in [1.29, 1.82) is 0 Å². The zero-order valence-corrected chi connectivity index (χ0v) is 13.2. The van der Waals surface area contributed by atoms with Gasteiger partial charge in [-0.25, -0.2) is 4.79 Å². The molecule has 2 aromatic carbocycles. The lowest BCUT2D eigenvalue weighted by atomic mass is 9.83. The summed E-state index contributed by atoms with van der Waals surface area (Å²) in [6, 6.07) is 13.7. The Balaban J connectivity index is 2.03. The number of carboxylic acid groups (broad SMARTS) is 1. The molecule has 120 valence electrons. The van der Waals surface area contributed by atoms with Gasteiger partial charge in [0.15, 0.2) is 0 Å². The normalized spacial score (nSPS) is 11.0. The van der Waals surface area contributed by atoms with Crippen molar-refractivity contribution in [2.24, 2.45) is 0 Å². The first-order valence-electron chi connectivity index (χ1n) is 7.27. The third kappa shape index (κ3) is 3.88. The van der Waals surface area contributed by atoms with Gasteiger partial charge in [0.1, 0.15) is 0 Å². The molecule has 2 aromatic rings. The molecule has 0 radical (unpaired) electrons. The molecule has 0 unspecified atom stereocenters. The Hall–Kier alpha value is -2.82. The summed E-state index contributed by atoms with van der Waals surface area (Å²) in [5, 5.41) is 11.8. The van der Waals surface area contributed by atoms with Crippen LogP contribution in [-0.4, -0.2) is 17.0 Å². The van der Waals surface area contributed by atoms with Gasteiger partial charge in [-0.15, -0.1) is 0 Å². The van der Waals surface area contributed by atoms with Gasteiger partial charge < -0.3 is 16.2 Å². The van der Waals surface area contributed by atoms with Crippen LogP contribution < -0.4 is 11.1 Å². The third-order valence-electron chi connectivity index (χ3n) is 3.85. The Kier molecular flexibility index (Phi) is 4.69. The minimum Gasteiger partial charge on any atom is -0.478 e. The number of carbonyl (C=O) groups excluding carboxylic acids is 1. The van der Waals surface area contributed by atoms with Crippen LogP contribution in [0.1, 0.15) is 35.3 Å². The van der Waals surface area contributed by atoms with Crippen LogP contribution in [-0.2, 0) is 16.8 Å². The Morgan fingerprint density at radius 3 is 2.13 bits per heavy atom. The molecule has 23 heavy (non-hydrogen) atoms. The van der Waals surface area contributed by atoms with Gasteiger partial charge in [0, 0.05) is 12.2 Å². The molecule has 0 spiro atoms. The number of anilines is 1. The molecule has 0 saturated heterocycles. The maximum Gasteiger partial charge on any atom is 0.335 e. The highest BCUT2D eigenvalue weighted by Crippen LogP contribution is 2.24. The fourth-order valence-corrected chi connectivity index (χ4v) is 2.20. The third-order valence-corrected chi connectivity index (χ3v) is 3.85. The Morgan fingerprint density at radius 2 is 1.61 bits per heavy atom. The number of nitrogens with two attached hydrogens (primary N) is 1. The minimum absolute atomic E-state index is 0.107. The van der Waals surface area contributed by atoms with Gasteiger partial charge in [-0.3, -0.25) is 4.79 Å². The van der Waals surface area contributed by atoms with Crippen molar-refractivity contribution in [2.45, 2.75) is 25.8 Å². The molecule has 1 amide bonds. The highest BCUT2D eigenvalue weighted by Gasteiger charge is 2.29. The van der Waals surface area contributed by atoms with Crippen molar-refractivity contribution in [3.63, 3.8) is 0 Å². The van der Waals surface area contributed by atoms with Gasteiger partial charge in [-0.05, 0) is 49.2 Å². The van der Waals surface area contributed by atoms with Gasteiger partial charge >= 0.3 is 5.97 Å². The lowest BCUT2D eigenvalue weighted by Gasteiger charge is -2.24. The lowest BCUT2D eigenvalue weighted by molar-refractivity contribution is -0.125. The average molecular weight is 312 g/mol. The van der Waals surface area contributed by atoms with Gasteiger partial charge in [0.2, 0.25) is 5.91 Å². The number of rotatable bonds is 5. The number of carboxylic acids is 1. The number of aromatic carboxylic acids is 1. The predicted octanol–water partition coefficient (Wildman–Crippen LogP) is 2.56. The van der Waals surface area contributed by atoms with E-state index in [1.54, 1.807) is 24.3 Å². The first kappa shape index (κ1) is 16.5. The van der Waals surface area contributed by atoms with E-state index in [0.717, 1.165) is 11.1 Å². The Morgan fingerprint density at radius 1 is 1.04 bits per heavy atom. The minimum atomic E-state index is -0.968. The topological polar surface area (TPSA) is 92.4 Å². The molecule has 0 saturated carbocycles. The van der Waals surface area contributed by atoms with Gasteiger partial charge in [-0.2, -0.15) is 0 Å². The van der Waals surface area contributed by atoms with Crippen LogP contribution in [0.25, 0.3) is 0 Å². The van der Waals surface area contributed by atoms with E-state index in [0.29, 0.717) is 12.2 Å². The van der Waals surface area contributed by atoms with E-state index in [2.05, 4.69) is 5.32 Å². The molecule has 0 aliphatic heterocycles. The van der Waals surface area contributed by atoms with E-state index >= 15 is 0 Å². The van der Waals surface area contributed by atoms with Crippen LogP contribution in [0, 0.1) is 0 Å². The molecule has 5 nitrogen and oxygen atoms in total. The maximum absolute atomic E-state index is 12.5. The van der Waals surface area contributed by atoms with Crippen molar-refractivity contribution in [3.05, 3.63) is 65.2 Å². The van der Waals surface area contributed by atoms with E-state index in [-0.39, 0.29) is 11.5 Å². The second-order valence-electron chi connectivity index (χ2n) is 5.93. The summed E-state index contributed by atoms with van der Waals surface area (Å²) in [7, 11) is 0. The number of benzene rings is 2. The van der Waals surface area contributed by atoms with Crippen LogP contribution in [0.3, 0.4) is 0 Å². The van der Waals surface area contributed by atoms with E-state index in [4.69, 9.17) is 10.8 Å². The van der Waals surface area contributed by atoms with E-state index in [1.807, 2.05) is 26.0 Å². The fraction of sp³-hybridized carbons (Fsp3) is 0.222. The van der Waals surface area contributed by atoms with Crippen molar-refractivity contribution in [2.75, 3.05) is 5.73 Å². The molecule has 5 heteroatoms. The molecule has 0 aromatic heterocycles. The average Bonchev–Trinajstić information content (AvgIpc) is 2.53. The summed E-state index contributed by atoms with van der Waals surface area (Å²) in [4.78, 5) is 23.3. The molecule has 0 atom stereocenters. The Labute approximate surface area is 135 Å². The highest BCUT2D eigenvalue weighted by atomic mass is 16.4. The van der Waals surface area contributed by atoms with Crippen molar-refractivity contribution in [3.8, 4) is 0 Å². The van der Waals surface area contributed by atoms with Crippen molar-refractivity contribution >= 4 is 17.6 Å². The van der Waals surface area contributed by atoms with Crippen LogP contribution in [0.15, 0.2) is 48.5 Å². The standard InChI is InChI=1S/C18H20N2O3/c1-18(2,14-7-9-15(19)10-8-14)17(23)20-11-12-3-5-13(6-4-12)16(21)22/h3-10H,11,19H2,1-2H3,(H,20,23)(H,21,22). The largest absolute Gasteiger partial charge is 0.478 e. The van der Waals surface area contributed by atoms with Gasteiger partial charge in [0.25, 0.3) is 0 Å². The number of carbonyl (C=O) groups is 2. The predicted molar refractivity (Wildman–Crippen MR) is 89.1 cm³/mol. The molecule has 0 fully saturated rings. The number of hydrogen-bond acceptors (Lipinski definition) is 3. The molecular weight excluding hydrogens is 292 g/mol. The molecule has 4 N–H and O–H groups in total. The number of amides is 1. The second-order valence-corrected chi connectivity index (χ2v) is 5.93. The quantitative estimate of drug-likeness (QED) is 0.740. The molecule has 2 rings (SSSR count). The van der Waals surface area contributed by atoms with Crippen LogP contribution in [0.4, 0.5) is 5.69 Å². The fourth-order valence-electron chi connectivity index (χ4n) is 2.20. The monoisotopic (exact) mass is 312 g/mol. The number of hydrogen-bond donors (Lipinski definition) is 3. The summed E-state index contributed by atoms with van der Waals surface area (Å²) in [5.74, 6) is -1.07. The first-order chi connectivity index (χ1) is 10.8. The SMILES string of the molecule is CC(C)(C(=O)NCc1ccc(C(=O)O)cc1)c1ccc(N)cc1. The van der Waals surface area contributed by atoms with Gasteiger partial charge in [0.05, 0.1) is 11.0 Å². The summed E-state index contributed by atoms with van der Waals surface area (Å²) in [6.07, 6.45) is 0. The number of nitrogens with one attached hydrogen (secondary N) is 1. The summed E-state index contributed by atoms with van der Waals surface area (Å²) in [5.41, 5.74) is 7.59. The summed E-state index contributed by atoms with van der Waals surface area (Å²) < 4.78 is 0. The van der Waals surface area contributed by atoms with Crippen LogP contribution in [0.5, 0.6) is 0 Å². The van der Waals surface area contributed by atoms with E-state index in [1.165, 1.54) is 12.1 Å². The Bertz CT molecular complexity index is 704. The molecule has 0 aliphatic rings. The van der Waals surface area contributed by atoms with Crippen LogP contribution >= 0.6 is 0 Å². The zero-order chi connectivity index (χ0) is 17.0. The summed E-state index contributed by atoms with van der Waals surface area (Å²) in [6.45, 7) is 4.04. The smallest absolute Gasteiger partial charge is 0.335 e. The summed E-state index contributed by atoms with van der Waals surface area (Å²) >= 11 is 0.